The SMILES string of the molecule is CC(C)[C@@H](c1nnnn1C[C@H]1CCCO1)[NH+]1CC[NH+](Cc2ccc3c(c2)OCO3)CC1. The predicted octanol–water partition coefficient (Wildman–Crippen LogP) is -0.738. The van der Waals surface area contributed by atoms with E-state index in [1.807, 2.05) is 10.7 Å². The Bertz CT molecular complexity index is 874. The first-order valence-corrected chi connectivity index (χ1v) is 11.6. The van der Waals surface area contributed by atoms with E-state index in [0.29, 0.717) is 18.8 Å². The van der Waals surface area contributed by atoms with E-state index in [9.17, 15) is 0 Å². The summed E-state index contributed by atoms with van der Waals surface area (Å²) in [6.45, 7) is 12.1. The van der Waals surface area contributed by atoms with Crippen molar-refractivity contribution in [1.29, 1.82) is 0 Å². The molecule has 0 aliphatic carbocycles. The van der Waals surface area contributed by atoms with Crippen molar-refractivity contribution in [2.75, 3.05) is 39.6 Å². The Hall–Kier alpha value is -2.23. The van der Waals surface area contributed by atoms with E-state index in [1.165, 1.54) is 5.56 Å². The Morgan fingerprint density at radius 1 is 1.13 bits per heavy atom. The Kier molecular flexibility index (Phi) is 6.06. The molecule has 31 heavy (non-hydrogen) atoms. The molecule has 0 amide bonds. The summed E-state index contributed by atoms with van der Waals surface area (Å²) in [6, 6.07) is 6.63. The van der Waals surface area contributed by atoms with Crippen LogP contribution in [0.3, 0.4) is 0 Å². The number of nitrogens with zero attached hydrogens (tertiary/aromatic N) is 4. The molecule has 2 N–H and O–H groups in total. The van der Waals surface area contributed by atoms with Gasteiger partial charge in [-0.1, -0.05) is 13.8 Å². The molecule has 1 aromatic heterocycles. The predicted molar refractivity (Wildman–Crippen MR) is 112 cm³/mol. The highest BCUT2D eigenvalue weighted by Crippen LogP contribution is 2.32. The van der Waals surface area contributed by atoms with Crippen molar-refractivity contribution in [3.05, 3.63) is 29.6 Å². The van der Waals surface area contributed by atoms with Crippen LogP contribution in [0, 0.1) is 5.92 Å². The lowest BCUT2D eigenvalue weighted by Gasteiger charge is -2.35. The summed E-state index contributed by atoms with van der Waals surface area (Å²) in [5.74, 6) is 3.21. The zero-order valence-electron chi connectivity index (χ0n) is 18.5. The van der Waals surface area contributed by atoms with Crippen LogP contribution in [0.4, 0.5) is 0 Å². The Morgan fingerprint density at radius 2 is 1.97 bits per heavy atom. The highest BCUT2D eigenvalue weighted by atomic mass is 16.7. The van der Waals surface area contributed by atoms with Crippen LogP contribution in [-0.2, 0) is 17.8 Å². The number of hydrogen-bond acceptors (Lipinski definition) is 6. The van der Waals surface area contributed by atoms with Gasteiger partial charge >= 0.3 is 0 Å². The smallest absolute Gasteiger partial charge is 0.231 e. The lowest BCUT2D eigenvalue weighted by Crippen LogP contribution is -3.27. The Morgan fingerprint density at radius 3 is 2.74 bits per heavy atom. The third-order valence-electron chi connectivity index (χ3n) is 6.84. The maximum absolute atomic E-state index is 5.82. The quantitative estimate of drug-likeness (QED) is 0.603. The summed E-state index contributed by atoms with van der Waals surface area (Å²) in [7, 11) is 0. The van der Waals surface area contributed by atoms with E-state index in [0.717, 1.165) is 76.0 Å². The number of benzene rings is 1. The molecule has 168 valence electrons. The number of quaternary nitrogens is 2. The van der Waals surface area contributed by atoms with Gasteiger partial charge in [0.25, 0.3) is 0 Å². The molecular weight excluding hydrogens is 396 g/mol. The summed E-state index contributed by atoms with van der Waals surface area (Å²) < 4.78 is 18.8. The highest BCUT2D eigenvalue weighted by molar-refractivity contribution is 5.44. The van der Waals surface area contributed by atoms with Crippen LogP contribution in [0.2, 0.25) is 0 Å². The van der Waals surface area contributed by atoms with Gasteiger partial charge in [-0.05, 0) is 41.5 Å². The molecule has 2 aromatic rings. The Labute approximate surface area is 183 Å². The standard InChI is InChI=1S/C22H32N6O3/c1-16(2)21(22-23-24-25-28(22)14-18-4-3-11-29-18)27-9-7-26(8-10-27)13-17-5-6-19-20(12-17)31-15-30-19/h5-6,12,16,18,21H,3-4,7-11,13-15H2,1-2H3/p+2/t18-,21+/m1/s1. The van der Waals surface area contributed by atoms with Gasteiger partial charge in [0.15, 0.2) is 17.5 Å². The van der Waals surface area contributed by atoms with Crippen LogP contribution in [0.1, 0.15) is 44.1 Å². The number of piperazine rings is 1. The number of rotatable bonds is 7. The van der Waals surface area contributed by atoms with Gasteiger partial charge in [-0.3, -0.25) is 0 Å². The average Bonchev–Trinajstić information content (AvgIpc) is 3.52. The van der Waals surface area contributed by atoms with Gasteiger partial charge in [-0.2, -0.15) is 0 Å². The van der Waals surface area contributed by atoms with Gasteiger partial charge in [-0.25, -0.2) is 4.68 Å². The van der Waals surface area contributed by atoms with E-state index < -0.39 is 0 Å². The zero-order valence-corrected chi connectivity index (χ0v) is 18.5. The molecule has 0 saturated carbocycles. The largest absolute Gasteiger partial charge is 0.454 e. The topological polar surface area (TPSA) is 80.2 Å². The molecule has 5 rings (SSSR count). The molecule has 9 heteroatoms. The van der Waals surface area contributed by atoms with Crippen LogP contribution in [-0.4, -0.2) is 65.9 Å². The minimum Gasteiger partial charge on any atom is -0.454 e. The van der Waals surface area contributed by atoms with Crippen LogP contribution in [0.5, 0.6) is 11.5 Å². The van der Waals surface area contributed by atoms with Crippen LogP contribution < -0.4 is 19.3 Å². The second-order valence-corrected chi connectivity index (χ2v) is 9.35. The third-order valence-corrected chi connectivity index (χ3v) is 6.84. The fraction of sp³-hybridized carbons (Fsp3) is 0.682. The van der Waals surface area contributed by atoms with Crippen LogP contribution >= 0.6 is 0 Å². The minimum atomic E-state index is 0.244. The van der Waals surface area contributed by atoms with Crippen molar-refractivity contribution in [2.24, 2.45) is 5.92 Å². The van der Waals surface area contributed by atoms with Crippen molar-refractivity contribution in [3.63, 3.8) is 0 Å². The Balaban J connectivity index is 1.22. The van der Waals surface area contributed by atoms with Gasteiger partial charge in [0, 0.05) is 18.1 Å². The molecule has 0 unspecified atom stereocenters. The third kappa shape index (κ3) is 4.53. The first kappa shape index (κ1) is 20.7. The molecule has 0 radical (unpaired) electrons. The minimum absolute atomic E-state index is 0.244. The number of aromatic nitrogens is 4. The molecule has 4 heterocycles. The number of ether oxygens (including phenoxy) is 3. The van der Waals surface area contributed by atoms with Crippen molar-refractivity contribution < 1.29 is 24.0 Å². The van der Waals surface area contributed by atoms with E-state index in [2.05, 4.69) is 41.5 Å². The first-order chi connectivity index (χ1) is 15.2. The number of fused-ring (bicyclic) bond motifs is 1. The van der Waals surface area contributed by atoms with E-state index in [1.54, 1.807) is 9.80 Å². The van der Waals surface area contributed by atoms with E-state index in [4.69, 9.17) is 14.2 Å². The summed E-state index contributed by atoms with van der Waals surface area (Å²) in [5, 5.41) is 12.8. The molecule has 0 bridgehead atoms. The maximum Gasteiger partial charge on any atom is 0.231 e. The van der Waals surface area contributed by atoms with Gasteiger partial charge in [0.1, 0.15) is 32.7 Å². The molecule has 2 fully saturated rings. The van der Waals surface area contributed by atoms with Gasteiger partial charge < -0.3 is 24.0 Å². The molecule has 2 saturated heterocycles. The summed E-state index contributed by atoms with van der Waals surface area (Å²) >= 11 is 0. The summed E-state index contributed by atoms with van der Waals surface area (Å²) in [6.07, 6.45) is 2.48. The van der Waals surface area contributed by atoms with Crippen LogP contribution in [0.25, 0.3) is 0 Å². The van der Waals surface area contributed by atoms with Gasteiger partial charge in [0.2, 0.25) is 12.6 Å². The summed E-state index contributed by atoms with van der Waals surface area (Å²) in [4.78, 5) is 3.21. The highest BCUT2D eigenvalue weighted by Gasteiger charge is 2.37. The molecule has 0 spiro atoms. The molecule has 9 nitrogen and oxygen atoms in total. The van der Waals surface area contributed by atoms with Crippen molar-refractivity contribution in [1.82, 2.24) is 20.2 Å². The van der Waals surface area contributed by atoms with Gasteiger partial charge in [0.05, 0.1) is 12.6 Å². The van der Waals surface area contributed by atoms with Crippen LogP contribution in [0.15, 0.2) is 18.2 Å². The van der Waals surface area contributed by atoms with E-state index in [-0.39, 0.29) is 6.10 Å². The molecule has 3 aliphatic rings. The number of nitrogens with one attached hydrogen (secondary N) is 2. The van der Waals surface area contributed by atoms with Gasteiger partial charge in [-0.15, -0.1) is 5.10 Å². The second-order valence-electron chi connectivity index (χ2n) is 9.35. The van der Waals surface area contributed by atoms with Crippen molar-refractivity contribution in [3.8, 4) is 11.5 Å². The molecule has 3 aliphatic heterocycles. The zero-order chi connectivity index (χ0) is 21.2. The fourth-order valence-electron chi connectivity index (χ4n) is 5.25. The summed E-state index contributed by atoms with van der Waals surface area (Å²) in [5.41, 5.74) is 1.31. The first-order valence-electron chi connectivity index (χ1n) is 11.6. The number of tetrazole rings is 1. The fourth-order valence-corrected chi connectivity index (χ4v) is 5.25. The average molecular weight is 431 g/mol. The monoisotopic (exact) mass is 430 g/mol. The maximum atomic E-state index is 5.82. The molecule has 1 aromatic carbocycles. The normalized spacial score (nSPS) is 26.5. The number of hydrogen-bond donors (Lipinski definition) is 2. The van der Waals surface area contributed by atoms with E-state index >= 15 is 0 Å². The van der Waals surface area contributed by atoms with Crippen molar-refractivity contribution >= 4 is 0 Å². The second kappa shape index (κ2) is 9.10. The molecular formula is C22H34N6O3+2. The van der Waals surface area contributed by atoms with Crippen molar-refractivity contribution in [2.45, 2.75) is 51.9 Å². The molecule has 2 atom stereocenters. The lowest BCUT2D eigenvalue weighted by molar-refractivity contribution is -1.03. The lowest BCUT2D eigenvalue weighted by atomic mass is 10.0.